The van der Waals surface area contributed by atoms with Crippen molar-refractivity contribution in [3.63, 3.8) is 0 Å². The Labute approximate surface area is 147 Å². The Morgan fingerprint density at radius 1 is 1.25 bits per heavy atom. The van der Waals surface area contributed by atoms with E-state index in [1.807, 2.05) is 0 Å². The molecule has 24 heavy (non-hydrogen) atoms. The molecule has 1 aliphatic heterocycles. The van der Waals surface area contributed by atoms with Gasteiger partial charge in [0.2, 0.25) is 5.91 Å². The van der Waals surface area contributed by atoms with Crippen molar-refractivity contribution in [2.75, 3.05) is 32.1 Å². The van der Waals surface area contributed by atoms with Crippen molar-refractivity contribution in [2.45, 2.75) is 24.9 Å². The fraction of sp³-hybridized carbons (Fsp3) is 0.500. The van der Waals surface area contributed by atoms with Crippen molar-refractivity contribution < 1.29 is 19.1 Å². The number of methoxy groups -OCH3 is 1. The topological polar surface area (TPSA) is 103 Å². The summed E-state index contributed by atoms with van der Waals surface area (Å²) in [6.07, 6.45) is 1.45. The molecule has 8 heteroatoms. The van der Waals surface area contributed by atoms with E-state index in [4.69, 9.17) is 15.2 Å². The van der Waals surface area contributed by atoms with Crippen molar-refractivity contribution in [2.24, 2.45) is 5.73 Å². The average Bonchev–Trinajstić information content (AvgIpc) is 2.56. The molecule has 0 saturated carbocycles. The number of rotatable bonds is 7. The molecule has 4 N–H and O–H groups in total. The predicted octanol–water partition coefficient (Wildman–Crippen LogP) is 1.07. The molecule has 1 fully saturated rings. The first-order valence-electron chi connectivity index (χ1n) is 7.64. The van der Waals surface area contributed by atoms with Gasteiger partial charge in [-0.1, -0.05) is 0 Å². The van der Waals surface area contributed by atoms with E-state index in [0.29, 0.717) is 24.3 Å². The smallest absolute Gasteiger partial charge is 0.256 e. The van der Waals surface area contributed by atoms with Crippen molar-refractivity contribution >= 4 is 29.9 Å². The standard InChI is InChI=1S/C16H23N3O4.ClH/c1-22-16(7-9-18-10-8-16)15(21)19-12-2-4-13(5-3-12)23-11-6-14(17)20;/h2-5,18H,6-11H2,1H3,(H2,17,20)(H,19,21);1H. The van der Waals surface area contributed by atoms with Gasteiger partial charge in [0.05, 0.1) is 13.0 Å². The van der Waals surface area contributed by atoms with Crippen LogP contribution < -0.4 is 21.1 Å². The van der Waals surface area contributed by atoms with E-state index in [9.17, 15) is 9.59 Å². The van der Waals surface area contributed by atoms with Crippen LogP contribution in [0, 0.1) is 0 Å². The van der Waals surface area contributed by atoms with Gasteiger partial charge in [-0.3, -0.25) is 9.59 Å². The van der Waals surface area contributed by atoms with Gasteiger partial charge in [0.25, 0.3) is 5.91 Å². The van der Waals surface area contributed by atoms with Gasteiger partial charge in [-0.2, -0.15) is 0 Å². The maximum absolute atomic E-state index is 12.5. The largest absolute Gasteiger partial charge is 0.493 e. The van der Waals surface area contributed by atoms with Gasteiger partial charge >= 0.3 is 0 Å². The minimum Gasteiger partial charge on any atom is -0.493 e. The molecule has 134 valence electrons. The van der Waals surface area contributed by atoms with Crippen molar-refractivity contribution in [3.8, 4) is 5.75 Å². The molecule has 2 amide bonds. The Morgan fingerprint density at radius 2 is 1.88 bits per heavy atom. The van der Waals surface area contributed by atoms with E-state index in [1.54, 1.807) is 31.4 Å². The zero-order chi connectivity index (χ0) is 16.7. The van der Waals surface area contributed by atoms with E-state index in [2.05, 4.69) is 10.6 Å². The lowest BCUT2D eigenvalue weighted by molar-refractivity contribution is -0.140. The molecule has 1 heterocycles. The second-order valence-corrected chi connectivity index (χ2v) is 5.49. The Kier molecular flexibility index (Phi) is 7.97. The highest BCUT2D eigenvalue weighted by molar-refractivity contribution is 5.97. The molecular weight excluding hydrogens is 334 g/mol. The first-order valence-corrected chi connectivity index (χ1v) is 7.64. The van der Waals surface area contributed by atoms with Crippen LogP contribution in [0.4, 0.5) is 5.69 Å². The molecule has 0 unspecified atom stereocenters. The molecule has 1 aromatic rings. The van der Waals surface area contributed by atoms with Gasteiger partial charge in [-0.05, 0) is 50.2 Å². The van der Waals surface area contributed by atoms with Crippen LogP contribution in [0.25, 0.3) is 0 Å². The van der Waals surface area contributed by atoms with Crippen LogP contribution in [0.3, 0.4) is 0 Å². The summed E-state index contributed by atoms with van der Waals surface area (Å²) < 4.78 is 10.9. The molecule has 1 aliphatic rings. The van der Waals surface area contributed by atoms with Crippen LogP contribution in [0.5, 0.6) is 5.75 Å². The van der Waals surface area contributed by atoms with Crippen LogP contribution in [-0.2, 0) is 14.3 Å². The Bertz CT molecular complexity index is 545. The third-order valence-electron chi connectivity index (χ3n) is 3.95. The Morgan fingerprint density at radius 3 is 2.42 bits per heavy atom. The lowest BCUT2D eigenvalue weighted by Gasteiger charge is -2.34. The lowest BCUT2D eigenvalue weighted by atomic mass is 9.91. The number of nitrogens with one attached hydrogen (secondary N) is 2. The molecule has 0 radical (unpaired) electrons. The average molecular weight is 358 g/mol. The highest BCUT2D eigenvalue weighted by Crippen LogP contribution is 2.25. The van der Waals surface area contributed by atoms with Crippen LogP contribution in [-0.4, -0.2) is 44.2 Å². The summed E-state index contributed by atoms with van der Waals surface area (Å²) in [4.78, 5) is 23.2. The Hall–Kier alpha value is -1.83. The minimum absolute atomic E-state index is 0. The van der Waals surface area contributed by atoms with Crippen LogP contribution in [0.1, 0.15) is 19.3 Å². The number of primary amides is 1. The summed E-state index contributed by atoms with van der Waals surface area (Å²) in [5.41, 5.74) is 4.95. The van der Waals surface area contributed by atoms with Crippen LogP contribution in [0.15, 0.2) is 24.3 Å². The van der Waals surface area contributed by atoms with E-state index in [0.717, 1.165) is 13.1 Å². The normalized spacial score (nSPS) is 15.9. The predicted molar refractivity (Wildman–Crippen MR) is 93.5 cm³/mol. The Balaban J connectivity index is 0.00000288. The summed E-state index contributed by atoms with van der Waals surface area (Å²) in [6.45, 7) is 1.75. The molecule has 0 aromatic heterocycles. The number of amides is 2. The summed E-state index contributed by atoms with van der Waals surface area (Å²) >= 11 is 0. The molecule has 0 spiro atoms. The minimum atomic E-state index is -0.776. The van der Waals surface area contributed by atoms with Gasteiger partial charge in [-0.25, -0.2) is 0 Å². The monoisotopic (exact) mass is 357 g/mol. The zero-order valence-electron chi connectivity index (χ0n) is 13.7. The highest BCUT2D eigenvalue weighted by atomic mass is 35.5. The first-order chi connectivity index (χ1) is 11.1. The maximum atomic E-state index is 12.5. The van der Waals surface area contributed by atoms with E-state index in [-0.39, 0.29) is 31.3 Å². The van der Waals surface area contributed by atoms with Crippen molar-refractivity contribution in [1.82, 2.24) is 5.32 Å². The highest BCUT2D eigenvalue weighted by Gasteiger charge is 2.39. The van der Waals surface area contributed by atoms with Gasteiger partial charge in [0, 0.05) is 12.8 Å². The molecule has 0 aliphatic carbocycles. The third kappa shape index (κ3) is 5.36. The number of hydrogen-bond acceptors (Lipinski definition) is 5. The number of nitrogens with two attached hydrogens (primary N) is 1. The maximum Gasteiger partial charge on any atom is 0.256 e. The third-order valence-corrected chi connectivity index (χ3v) is 3.95. The number of ether oxygens (including phenoxy) is 2. The number of carbonyl (C=O) groups is 2. The molecular formula is C16H24ClN3O4. The summed E-state index contributed by atoms with van der Waals surface area (Å²) in [6, 6.07) is 6.97. The van der Waals surface area contributed by atoms with Crippen LogP contribution in [0.2, 0.25) is 0 Å². The SMILES string of the molecule is COC1(C(=O)Nc2ccc(OCCC(N)=O)cc2)CCNCC1.Cl. The fourth-order valence-electron chi connectivity index (χ4n) is 2.50. The van der Waals surface area contributed by atoms with Crippen molar-refractivity contribution in [1.29, 1.82) is 0 Å². The lowest BCUT2D eigenvalue weighted by Crippen LogP contribution is -2.51. The van der Waals surface area contributed by atoms with E-state index >= 15 is 0 Å². The summed E-state index contributed by atoms with van der Waals surface area (Å²) in [5, 5.41) is 6.10. The fourth-order valence-corrected chi connectivity index (χ4v) is 2.50. The number of anilines is 1. The second-order valence-electron chi connectivity index (χ2n) is 5.49. The van der Waals surface area contributed by atoms with Gasteiger partial charge in [-0.15, -0.1) is 12.4 Å². The number of benzene rings is 1. The van der Waals surface area contributed by atoms with Gasteiger partial charge in [0.1, 0.15) is 11.4 Å². The van der Waals surface area contributed by atoms with E-state index < -0.39 is 11.5 Å². The molecule has 7 nitrogen and oxygen atoms in total. The summed E-state index contributed by atoms with van der Waals surface area (Å²) in [5.74, 6) is 0.0807. The van der Waals surface area contributed by atoms with E-state index in [1.165, 1.54) is 0 Å². The molecule has 1 aromatic carbocycles. The summed E-state index contributed by atoms with van der Waals surface area (Å²) in [7, 11) is 1.57. The molecule has 1 saturated heterocycles. The van der Waals surface area contributed by atoms with Crippen LogP contribution >= 0.6 is 12.4 Å². The number of piperidine rings is 1. The molecule has 0 atom stereocenters. The molecule has 0 bridgehead atoms. The second kappa shape index (κ2) is 9.46. The number of hydrogen-bond donors (Lipinski definition) is 3. The van der Waals surface area contributed by atoms with Crippen molar-refractivity contribution in [3.05, 3.63) is 24.3 Å². The van der Waals surface area contributed by atoms with Gasteiger partial charge in [0.15, 0.2) is 0 Å². The molecule has 2 rings (SSSR count). The zero-order valence-corrected chi connectivity index (χ0v) is 14.5. The van der Waals surface area contributed by atoms with Gasteiger partial charge < -0.3 is 25.8 Å². The number of halogens is 1. The quantitative estimate of drug-likeness (QED) is 0.677. The number of carbonyl (C=O) groups excluding carboxylic acids is 2. The first kappa shape index (κ1) is 20.2.